The first kappa shape index (κ1) is 11.0. The minimum atomic E-state index is 0.102. The SMILES string of the molecule is Cc1ccc(C(=O)c2ccc3c(c2)CCN3)cc1. The molecule has 0 fully saturated rings. The second-order valence-corrected chi connectivity index (χ2v) is 4.74. The van der Waals surface area contributed by atoms with Crippen LogP contribution in [0.1, 0.15) is 27.0 Å². The minimum Gasteiger partial charge on any atom is -0.384 e. The molecule has 0 aromatic heterocycles. The van der Waals surface area contributed by atoms with Crippen molar-refractivity contribution in [3.05, 3.63) is 64.7 Å². The van der Waals surface area contributed by atoms with Crippen LogP contribution in [0, 0.1) is 6.92 Å². The van der Waals surface area contributed by atoms with Crippen LogP contribution in [-0.4, -0.2) is 12.3 Å². The number of carbonyl (C=O) groups is 1. The van der Waals surface area contributed by atoms with Gasteiger partial charge in [0.2, 0.25) is 0 Å². The molecule has 1 aliphatic heterocycles. The summed E-state index contributed by atoms with van der Waals surface area (Å²) in [6.45, 7) is 2.99. The molecule has 3 rings (SSSR count). The Morgan fingerprint density at radius 3 is 2.56 bits per heavy atom. The van der Waals surface area contributed by atoms with Gasteiger partial charge in [0, 0.05) is 23.4 Å². The molecule has 90 valence electrons. The third kappa shape index (κ3) is 1.90. The van der Waals surface area contributed by atoms with Crippen molar-refractivity contribution in [2.75, 3.05) is 11.9 Å². The lowest BCUT2D eigenvalue weighted by Crippen LogP contribution is -2.01. The van der Waals surface area contributed by atoms with E-state index in [9.17, 15) is 4.79 Å². The standard InChI is InChI=1S/C16H15NO/c1-11-2-4-12(5-3-11)16(18)14-6-7-15-13(10-14)8-9-17-15/h2-7,10,17H,8-9H2,1H3. The molecule has 0 bridgehead atoms. The second kappa shape index (κ2) is 4.30. The maximum absolute atomic E-state index is 12.3. The zero-order chi connectivity index (χ0) is 12.5. The normalized spacial score (nSPS) is 12.9. The molecule has 0 spiro atoms. The molecule has 1 heterocycles. The maximum Gasteiger partial charge on any atom is 0.193 e. The first-order chi connectivity index (χ1) is 8.74. The Morgan fingerprint density at radius 2 is 1.78 bits per heavy atom. The van der Waals surface area contributed by atoms with E-state index in [-0.39, 0.29) is 5.78 Å². The number of nitrogens with one attached hydrogen (secondary N) is 1. The summed E-state index contributed by atoms with van der Waals surface area (Å²) in [7, 11) is 0. The third-order valence-electron chi connectivity index (χ3n) is 3.39. The van der Waals surface area contributed by atoms with Crippen LogP contribution in [0.15, 0.2) is 42.5 Å². The van der Waals surface area contributed by atoms with Crippen molar-refractivity contribution in [3.8, 4) is 0 Å². The van der Waals surface area contributed by atoms with Crippen LogP contribution in [0.5, 0.6) is 0 Å². The van der Waals surface area contributed by atoms with Gasteiger partial charge < -0.3 is 5.32 Å². The molecule has 0 unspecified atom stereocenters. The summed E-state index contributed by atoms with van der Waals surface area (Å²) >= 11 is 0. The van der Waals surface area contributed by atoms with Crippen LogP contribution >= 0.6 is 0 Å². The highest BCUT2D eigenvalue weighted by atomic mass is 16.1. The summed E-state index contributed by atoms with van der Waals surface area (Å²) in [5.41, 5.74) is 5.11. The van der Waals surface area contributed by atoms with E-state index < -0.39 is 0 Å². The lowest BCUT2D eigenvalue weighted by molar-refractivity contribution is 0.103. The zero-order valence-corrected chi connectivity index (χ0v) is 10.4. The number of anilines is 1. The predicted octanol–water partition coefficient (Wildman–Crippen LogP) is 3.19. The van der Waals surface area contributed by atoms with E-state index in [1.165, 1.54) is 11.1 Å². The Kier molecular flexibility index (Phi) is 2.63. The van der Waals surface area contributed by atoms with Gasteiger partial charge in [0.15, 0.2) is 5.78 Å². The van der Waals surface area contributed by atoms with E-state index >= 15 is 0 Å². The quantitative estimate of drug-likeness (QED) is 0.813. The van der Waals surface area contributed by atoms with Crippen LogP contribution in [0.3, 0.4) is 0 Å². The minimum absolute atomic E-state index is 0.102. The highest BCUT2D eigenvalue weighted by Crippen LogP contribution is 2.24. The highest BCUT2D eigenvalue weighted by Gasteiger charge is 2.14. The number of carbonyl (C=O) groups excluding carboxylic acids is 1. The van der Waals surface area contributed by atoms with Gasteiger partial charge in [-0.1, -0.05) is 29.8 Å². The van der Waals surface area contributed by atoms with Gasteiger partial charge in [-0.3, -0.25) is 4.79 Å². The summed E-state index contributed by atoms with van der Waals surface area (Å²) in [5, 5.41) is 3.30. The average molecular weight is 237 g/mol. The van der Waals surface area contributed by atoms with Crippen molar-refractivity contribution < 1.29 is 4.79 Å². The molecule has 2 heteroatoms. The van der Waals surface area contributed by atoms with Gasteiger partial charge in [0.25, 0.3) is 0 Å². The van der Waals surface area contributed by atoms with Gasteiger partial charge in [0.1, 0.15) is 0 Å². The van der Waals surface area contributed by atoms with Crippen LogP contribution in [-0.2, 0) is 6.42 Å². The first-order valence-corrected chi connectivity index (χ1v) is 6.22. The van der Waals surface area contributed by atoms with Crippen molar-refractivity contribution in [1.82, 2.24) is 0 Å². The summed E-state index contributed by atoms with van der Waals surface area (Å²) in [4.78, 5) is 12.3. The Bertz CT molecular complexity index is 599. The molecule has 1 aliphatic rings. The topological polar surface area (TPSA) is 29.1 Å². The molecular formula is C16H15NO. The Balaban J connectivity index is 1.95. The summed E-state index contributed by atoms with van der Waals surface area (Å²) < 4.78 is 0. The van der Waals surface area contributed by atoms with E-state index in [2.05, 4.69) is 5.32 Å². The number of ketones is 1. The summed E-state index contributed by atoms with van der Waals surface area (Å²) in [6.07, 6.45) is 1.00. The fourth-order valence-corrected chi connectivity index (χ4v) is 2.32. The van der Waals surface area contributed by atoms with Gasteiger partial charge in [0.05, 0.1) is 0 Å². The molecule has 0 saturated heterocycles. The second-order valence-electron chi connectivity index (χ2n) is 4.74. The fourth-order valence-electron chi connectivity index (χ4n) is 2.32. The van der Waals surface area contributed by atoms with Crippen LogP contribution in [0.25, 0.3) is 0 Å². The van der Waals surface area contributed by atoms with Crippen molar-refractivity contribution in [3.63, 3.8) is 0 Å². The van der Waals surface area contributed by atoms with Gasteiger partial charge in [-0.25, -0.2) is 0 Å². The predicted molar refractivity (Wildman–Crippen MR) is 73.2 cm³/mol. The molecule has 0 saturated carbocycles. The lowest BCUT2D eigenvalue weighted by atomic mass is 9.99. The van der Waals surface area contributed by atoms with Crippen LogP contribution < -0.4 is 5.32 Å². The molecule has 0 radical (unpaired) electrons. The number of hydrogen-bond acceptors (Lipinski definition) is 2. The van der Waals surface area contributed by atoms with E-state index in [0.29, 0.717) is 0 Å². The zero-order valence-electron chi connectivity index (χ0n) is 10.4. The van der Waals surface area contributed by atoms with E-state index in [1.54, 1.807) is 0 Å². The number of hydrogen-bond donors (Lipinski definition) is 1. The Labute approximate surface area is 107 Å². The molecule has 2 aromatic carbocycles. The number of benzene rings is 2. The van der Waals surface area contributed by atoms with Crippen LogP contribution in [0.2, 0.25) is 0 Å². The van der Waals surface area contributed by atoms with Gasteiger partial charge >= 0.3 is 0 Å². The van der Waals surface area contributed by atoms with Crippen molar-refractivity contribution in [1.29, 1.82) is 0 Å². The van der Waals surface area contributed by atoms with Crippen molar-refractivity contribution in [2.24, 2.45) is 0 Å². The molecule has 0 amide bonds. The maximum atomic E-state index is 12.3. The Hall–Kier alpha value is -2.09. The fraction of sp³-hybridized carbons (Fsp3) is 0.188. The molecule has 1 N–H and O–H groups in total. The smallest absolute Gasteiger partial charge is 0.193 e. The number of fused-ring (bicyclic) bond motifs is 1. The Morgan fingerprint density at radius 1 is 1.06 bits per heavy atom. The van der Waals surface area contributed by atoms with Gasteiger partial charge in [-0.2, -0.15) is 0 Å². The number of aryl methyl sites for hydroxylation is 1. The van der Waals surface area contributed by atoms with Crippen molar-refractivity contribution in [2.45, 2.75) is 13.3 Å². The van der Waals surface area contributed by atoms with E-state index in [4.69, 9.17) is 0 Å². The first-order valence-electron chi connectivity index (χ1n) is 6.22. The molecule has 0 aliphatic carbocycles. The average Bonchev–Trinajstić information content (AvgIpc) is 2.86. The molecular weight excluding hydrogens is 222 g/mol. The highest BCUT2D eigenvalue weighted by molar-refractivity contribution is 6.09. The van der Waals surface area contributed by atoms with E-state index in [0.717, 1.165) is 29.8 Å². The monoisotopic (exact) mass is 237 g/mol. The molecule has 2 nitrogen and oxygen atoms in total. The van der Waals surface area contributed by atoms with Gasteiger partial charge in [-0.05, 0) is 37.1 Å². The summed E-state index contributed by atoms with van der Waals surface area (Å²) in [6, 6.07) is 13.7. The van der Waals surface area contributed by atoms with E-state index in [1.807, 2.05) is 49.4 Å². The number of rotatable bonds is 2. The lowest BCUT2D eigenvalue weighted by Gasteiger charge is -2.05. The summed E-state index contributed by atoms with van der Waals surface area (Å²) in [5.74, 6) is 0.102. The molecule has 2 aromatic rings. The largest absolute Gasteiger partial charge is 0.384 e. The molecule has 0 atom stereocenters. The third-order valence-corrected chi connectivity index (χ3v) is 3.39. The molecule has 18 heavy (non-hydrogen) atoms. The van der Waals surface area contributed by atoms with Crippen LogP contribution in [0.4, 0.5) is 5.69 Å². The van der Waals surface area contributed by atoms with Gasteiger partial charge in [-0.15, -0.1) is 0 Å². The van der Waals surface area contributed by atoms with Crippen molar-refractivity contribution >= 4 is 11.5 Å².